The van der Waals surface area contributed by atoms with Crippen molar-refractivity contribution in [1.82, 2.24) is 5.32 Å². The molecule has 3 N–H and O–H groups in total. The van der Waals surface area contributed by atoms with E-state index in [0.29, 0.717) is 13.1 Å². The molecule has 1 aromatic rings. The average molecular weight is 220 g/mol. The van der Waals surface area contributed by atoms with Crippen molar-refractivity contribution in [2.45, 2.75) is 26.8 Å². The fourth-order valence-corrected chi connectivity index (χ4v) is 1.38. The van der Waals surface area contributed by atoms with Gasteiger partial charge in [-0.05, 0) is 24.1 Å². The summed E-state index contributed by atoms with van der Waals surface area (Å²) in [6, 6.07) is 8.19. The molecule has 3 nitrogen and oxygen atoms in total. The van der Waals surface area contributed by atoms with Gasteiger partial charge in [-0.3, -0.25) is 4.79 Å². The molecule has 1 rings (SSSR count). The molecule has 0 aliphatic carbocycles. The maximum Gasteiger partial charge on any atom is 0.222 e. The van der Waals surface area contributed by atoms with Gasteiger partial charge >= 0.3 is 0 Å². The Balaban J connectivity index is 2.46. The minimum atomic E-state index is 0.0384. The number of benzene rings is 1. The second-order valence-electron chi connectivity index (χ2n) is 4.23. The first-order valence-corrected chi connectivity index (χ1v) is 5.69. The van der Waals surface area contributed by atoms with Crippen LogP contribution in [0, 0.1) is 5.92 Å². The van der Waals surface area contributed by atoms with Gasteiger partial charge in [0.25, 0.3) is 0 Å². The summed E-state index contributed by atoms with van der Waals surface area (Å²) in [6.07, 6.45) is 0.901. The summed E-state index contributed by atoms with van der Waals surface area (Å²) >= 11 is 0. The Morgan fingerprint density at radius 1 is 1.25 bits per heavy atom. The van der Waals surface area contributed by atoms with E-state index in [1.807, 2.05) is 26.0 Å². The minimum absolute atomic E-state index is 0.0384. The van der Waals surface area contributed by atoms with E-state index in [4.69, 9.17) is 5.73 Å². The predicted octanol–water partition coefficient (Wildman–Crippen LogP) is 1.46. The van der Waals surface area contributed by atoms with Crippen LogP contribution >= 0.6 is 0 Å². The van der Waals surface area contributed by atoms with Gasteiger partial charge in [-0.25, -0.2) is 0 Å². The molecule has 16 heavy (non-hydrogen) atoms. The van der Waals surface area contributed by atoms with E-state index >= 15 is 0 Å². The molecule has 0 aliphatic heterocycles. The molecule has 1 amide bonds. The Kier molecular flexibility index (Phi) is 4.99. The van der Waals surface area contributed by atoms with E-state index < -0.39 is 0 Å². The van der Waals surface area contributed by atoms with Crippen molar-refractivity contribution in [1.29, 1.82) is 0 Å². The second-order valence-corrected chi connectivity index (χ2v) is 4.23. The van der Waals surface area contributed by atoms with Gasteiger partial charge in [0.15, 0.2) is 0 Å². The van der Waals surface area contributed by atoms with Gasteiger partial charge in [0.05, 0.1) is 0 Å². The summed E-state index contributed by atoms with van der Waals surface area (Å²) in [4.78, 5) is 11.4. The highest BCUT2D eigenvalue weighted by atomic mass is 16.1. The Bertz CT molecular complexity index is 330. The standard InChI is InChI=1S/C13H20N2O/c1-10(2)13(16)15-9-12-5-3-11(4-6-12)7-8-14/h3-6,10H,7-9,14H2,1-2H3,(H,15,16). The van der Waals surface area contributed by atoms with Crippen LogP contribution < -0.4 is 11.1 Å². The summed E-state index contributed by atoms with van der Waals surface area (Å²) in [5.74, 6) is 0.127. The Hall–Kier alpha value is -1.35. The van der Waals surface area contributed by atoms with Crippen molar-refractivity contribution in [3.8, 4) is 0 Å². The number of hydrogen-bond acceptors (Lipinski definition) is 2. The number of carbonyl (C=O) groups excluding carboxylic acids is 1. The van der Waals surface area contributed by atoms with Crippen LogP contribution in [-0.4, -0.2) is 12.5 Å². The van der Waals surface area contributed by atoms with Crippen LogP contribution in [0.4, 0.5) is 0 Å². The molecule has 88 valence electrons. The van der Waals surface area contributed by atoms with Gasteiger partial charge in [0.1, 0.15) is 0 Å². The fourth-order valence-electron chi connectivity index (χ4n) is 1.38. The fraction of sp³-hybridized carbons (Fsp3) is 0.462. The van der Waals surface area contributed by atoms with E-state index in [9.17, 15) is 4.79 Å². The highest BCUT2D eigenvalue weighted by molar-refractivity contribution is 5.77. The molecule has 0 aliphatic rings. The molecule has 0 bridgehead atoms. The summed E-state index contributed by atoms with van der Waals surface area (Å²) in [6.45, 7) is 5.04. The van der Waals surface area contributed by atoms with E-state index in [1.54, 1.807) is 0 Å². The maximum atomic E-state index is 11.4. The molecule has 0 aromatic heterocycles. The highest BCUT2D eigenvalue weighted by Crippen LogP contribution is 2.05. The van der Waals surface area contributed by atoms with E-state index in [1.165, 1.54) is 5.56 Å². The van der Waals surface area contributed by atoms with Gasteiger partial charge in [0, 0.05) is 12.5 Å². The molecule has 0 fully saturated rings. The smallest absolute Gasteiger partial charge is 0.222 e. The van der Waals surface area contributed by atoms with Crippen LogP contribution in [0.25, 0.3) is 0 Å². The SMILES string of the molecule is CC(C)C(=O)NCc1ccc(CCN)cc1. The van der Waals surface area contributed by atoms with Crippen molar-refractivity contribution in [3.63, 3.8) is 0 Å². The summed E-state index contributed by atoms with van der Waals surface area (Å²) in [7, 11) is 0. The van der Waals surface area contributed by atoms with Crippen LogP contribution in [0.15, 0.2) is 24.3 Å². The van der Waals surface area contributed by atoms with Crippen molar-refractivity contribution >= 4 is 5.91 Å². The molecule has 0 atom stereocenters. The molecular formula is C13H20N2O. The zero-order valence-electron chi connectivity index (χ0n) is 9.99. The zero-order valence-corrected chi connectivity index (χ0v) is 9.99. The number of nitrogens with two attached hydrogens (primary N) is 1. The normalized spacial score (nSPS) is 10.5. The van der Waals surface area contributed by atoms with Gasteiger partial charge in [-0.2, -0.15) is 0 Å². The Morgan fingerprint density at radius 3 is 2.31 bits per heavy atom. The maximum absolute atomic E-state index is 11.4. The Morgan fingerprint density at radius 2 is 1.81 bits per heavy atom. The molecule has 1 aromatic carbocycles. The molecule has 3 heteroatoms. The first-order chi connectivity index (χ1) is 7.63. The summed E-state index contributed by atoms with van der Waals surface area (Å²) in [5.41, 5.74) is 7.83. The lowest BCUT2D eigenvalue weighted by Gasteiger charge is -2.08. The predicted molar refractivity (Wildman–Crippen MR) is 65.9 cm³/mol. The van der Waals surface area contributed by atoms with E-state index in [2.05, 4.69) is 17.4 Å². The van der Waals surface area contributed by atoms with Crippen LogP contribution in [0.1, 0.15) is 25.0 Å². The molecular weight excluding hydrogens is 200 g/mol. The van der Waals surface area contributed by atoms with Crippen LogP contribution in [0.5, 0.6) is 0 Å². The van der Waals surface area contributed by atoms with Crippen molar-refractivity contribution in [2.24, 2.45) is 11.7 Å². The third-order valence-electron chi connectivity index (χ3n) is 2.45. The monoisotopic (exact) mass is 220 g/mol. The number of carbonyl (C=O) groups is 1. The topological polar surface area (TPSA) is 55.1 Å². The number of hydrogen-bond donors (Lipinski definition) is 2. The van der Waals surface area contributed by atoms with Crippen LogP contribution in [-0.2, 0) is 17.8 Å². The first kappa shape index (κ1) is 12.7. The summed E-state index contributed by atoms with van der Waals surface area (Å²) in [5, 5.41) is 2.89. The van der Waals surface area contributed by atoms with Gasteiger partial charge in [-0.1, -0.05) is 38.1 Å². The average Bonchev–Trinajstić information content (AvgIpc) is 2.28. The lowest BCUT2D eigenvalue weighted by atomic mass is 10.1. The lowest BCUT2D eigenvalue weighted by Crippen LogP contribution is -2.27. The zero-order chi connectivity index (χ0) is 12.0. The van der Waals surface area contributed by atoms with E-state index in [0.717, 1.165) is 12.0 Å². The third-order valence-corrected chi connectivity index (χ3v) is 2.45. The van der Waals surface area contributed by atoms with Gasteiger partial charge in [-0.15, -0.1) is 0 Å². The van der Waals surface area contributed by atoms with E-state index in [-0.39, 0.29) is 11.8 Å². The molecule has 0 radical (unpaired) electrons. The number of nitrogens with one attached hydrogen (secondary N) is 1. The molecule has 0 heterocycles. The Labute approximate surface area is 97.0 Å². The van der Waals surface area contributed by atoms with Gasteiger partial charge < -0.3 is 11.1 Å². The first-order valence-electron chi connectivity index (χ1n) is 5.69. The number of amides is 1. The summed E-state index contributed by atoms with van der Waals surface area (Å²) < 4.78 is 0. The number of rotatable bonds is 5. The minimum Gasteiger partial charge on any atom is -0.352 e. The third kappa shape index (κ3) is 4.03. The lowest BCUT2D eigenvalue weighted by molar-refractivity contribution is -0.124. The highest BCUT2D eigenvalue weighted by Gasteiger charge is 2.05. The van der Waals surface area contributed by atoms with Gasteiger partial charge in [0.2, 0.25) is 5.91 Å². The van der Waals surface area contributed by atoms with Crippen LogP contribution in [0.3, 0.4) is 0 Å². The van der Waals surface area contributed by atoms with Crippen molar-refractivity contribution in [3.05, 3.63) is 35.4 Å². The van der Waals surface area contributed by atoms with Crippen molar-refractivity contribution < 1.29 is 4.79 Å². The second kappa shape index (κ2) is 6.28. The molecule has 0 unspecified atom stereocenters. The van der Waals surface area contributed by atoms with Crippen molar-refractivity contribution in [2.75, 3.05) is 6.54 Å². The quantitative estimate of drug-likeness (QED) is 0.789. The largest absolute Gasteiger partial charge is 0.352 e. The van der Waals surface area contributed by atoms with Crippen LogP contribution in [0.2, 0.25) is 0 Å². The molecule has 0 spiro atoms. The molecule has 0 saturated carbocycles. The molecule has 0 saturated heterocycles.